The number of nitriles is 1. The molecule has 0 aromatic carbocycles. The maximum atomic E-state index is 12.1. The molecular formula is C13H17N5O. The molecule has 0 amide bonds. The molecule has 1 unspecified atom stereocenters. The highest BCUT2D eigenvalue weighted by atomic mass is 16.2. The van der Waals surface area contributed by atoms with Crippen LogP contribution in [0.5, 0.6) is 0 Å². The third-order valence-corrected chi connectivity index (χ3v) is 3.02. The molecule has 0 aliphatic rings. The molecule has 19 heavy (non-hydrogen) atoms. The summed E-state index contributed by atoms with van der Waals surface area (Å²) in [5, 5.41) is 13.1. The van der Waals surface area contributed by atoms with Gasteiger partial charge in [-0.15, -0.1) is 5.10 Å². The van der Waals surface area contributed by atoms with Crippen molar-refractivity contribution in [1.29, 1.82) is 5.26 Å². The number of fused-ring (bicyclic) bond motifs is 1. The number of rotatable bonds is 5. The molecular weight excluding hydrogens is 242 g/mol. The maximum Gasteiger partial charge on any atom is 0.351 e. The predicted octanol–water partition coefficient (Wildman–Crippen LogP) is 0.935. The highest BCUT2D eigenvalue weighted by Gasteiger charge is 2.12. The Morgan fingerprint density at radius 1 is 1.53 bits per heavy atom. The highest BCUT2D eigenvalue weighted by molar-refractivity contribution is 5.35. The van der Waals surface area contributed by atoms with E-state index in [1.54, 1.807) is 18.3 Å². The fourth-order valence-corrected chi connectivity index (χ4v) is 1.96. The molecule has 2 aromatic heterocycles. The molecule has 2 heterocycles. The lowest BCUT2D eigenvalue weighted by atomic mass is 10.2. The van der Waals surface area contributed by atoms with Crippen molar-refractivity contribution in [3.8, 4) is 6.07 Å². The normalized spacial score (nSPS) is 12.7. The van der Waals surface area contributed by atoms with Crippen LogP contribution in [0, 0.1) is 17.2 Å². The Hall–Kier alpha value is -2.13. The Bertz CT molecular complexity index is 651. The fraction of sp³-hybridized carbons (Fsp3) is 0.462. The highest BCUT2D eigenvalue weighted by Crippen LogP contribution is 2.01. The minimum absolute atomic E-state index is 0.0623. The molecule has 0 saturated heterocycles. The Morgan fingerprint density at radius 2 is 2.32 bits per heavy atom. The first kappa shape index (κ1) is 13.3. The largest absolute Gasteiger partial charge is 0.351 e. The Kier molecular flexibility index (Phi) is 3.97. The lowest BCUT2D eigenvalue weighted by Crippen LogP contribution is -2.35. The summed E-state index contributed by atoms with van der Waals surface area (Å²) in [4.78, 5) is 14.1. The van der Waals surface area contributed by atoms with Crippen molar-refractivity contribution < 1.29 is 0 Å². The van der Waals surface area contributed by atoms with E-state index in [2.05, 4.69) is 11.2 Å². The zero-order valence-corrected chi connectivity index (χ0v) is 11.2. The van der Waals surface area contributed by atoms with Crippen LogP contribution < -0.4 is 5.69 Å². The van der Waals surface area contributed by atoms with Gasteiger partial charge < -0.3 is 0 Å². The lowest BCUT2D eigenvalue weighted by Gasteiger charge is -2.20. The monoisotopic (exact) mass is 259 g/mol. The molecule has 0 bridgehead atoms. The third-order valence-electron chi connectivity index (χ3n) is 3.02. The van der Waals surface area contributed by atoms with Crippen molar-refractivity contribution in [3.05, 3.63) is 34.9 Å². The van der Waals surface area contributed by atoms with Crippen LogP contribution in [0.2, 0.25) is 0 Å². The zero-order valence-electron chi connectivity index (χ0n) is 11.2. The SMILES string of the molecule is CCN(CC(C)C#N)Cn1nc2ccccn2c1=O. The second-order valence-electron chi connectivity index (χ2n) is 4.55. The maximum absolute atomic E-state index is 12.1. The second-order valence-corrected chi connectivity index (χ2v) is 4.55. The summed E-state index contributed by atoms with van der Waals surface area (Å²) in [5.74, 6) is -0.0623. The van der Waals surface area contributed by atoms with Gasteiger partial charge in [0.05, 0.1) is 18.7 Å². The van der Waals surface area contributed by atoms with Gasteiger partial charge in [0.25, 0.3) is 0 Å². The van der Waals surface area contributed by atoms with Gasteiger partial charge in [-0.1, -0.05) is 13.0 Å². The van der Waals surface area contributed by atoms with Crippen molar-refractivity contribution in [2.24, 2.45) is 5.92 Å². The Labute approximate surface area is 111 Å². The van der Waals surface area contributed by atoms with Gasteiger partial charge in [-0.3, -0.25) is 9.30 Å². The van der Waals surface area contributed by atoms with Crippen LogP contribution >= 0.6 is 0 Å². The van der Waals surface area contributed by atoms with E-state index in [-0.39, 0.29) is 11.6 Å². The first-order chi connectivity index (χ1) is 9.15. The second kappa shape index (κ2) is 5.67. The molecule has 2 rings (SSSR count). The molecule has 0 spiro atoms. The van der Waals surface area contributed by atoms with E-state index in [0.29, 0.717) is 18.9 Å². The fourth-order valence-electron chi connectivity index (χ4n) is 1.96. The molecule has 0 saturated carbocycles. The smallest absolute Gasteiger partial charge is 0.283 e. The molecule has 6 nitrogen and oxygen atoms in total. The molecule has 0 aliphatic heterocycles. The molecule has 1 atom stereocenters. The van der Waals surface area contributed by atoms with Gasteiger partial charge in [-0.2, -0.15) is 9.94 Å². The third kappa shape index (κ3) is 2.83. The van der Waals surface area contributed by atoms with E-state index in [4.69, 9.17) is 5.26 Å². The molecule has 0 radical (unpaired) electrons. The van der Waals surface area contributed by atoms with E-state index in [1.807, 2.05) is 24.8 Å². The van der Waals surface area contributed by atoms with E-state index >= 15 is 0 Å². The van der Waals surface area contributed by atoms with Crippen molar-refractivity contribution in [2.75, 3.05) is 13.1 Å². The molecule has 2 aromatic rings. The minimum atomic E-state index is -0.154. The van der Waals surface area contributed by atoms with E-state index in [9.17, 15) is 4.79 Å². The molecule has 0 N–H and O–H groups in total. The average Bonchev–Trinajstić information content (AvgIpc) is 2.75. The zero-order chi connectivity index (χ0) is 13.8. The van der Waals surface area contributed by atoms with Gasteiger partial charge in [-0.05, 0) is 25.6 Å². The summed E-state index contributed by atoms with van der Waals surface area (Å²) in [6.07, 6.45) is 1.70. The molecule has 100 valence electrons. The van der Waals surface area contributed by atoms with Gasteiger partial charge in [0, 0.05) is 12.7 Å². The number of aromatic nitrogens is 3. The quantitative estimate of drug-likeness (QED) is 0.801. The topological polar surface area (TPSA) is 66.3 Å². The van der Waals surface area contributed by atoms with Crippen molar-refractivity contribution >= 4 is 5.65 Å². The first-order valence-corrected chi connectivity index (χ1v) is 6.32. The first-order valence-electron chi connectivity index (χ1n) is 6.32. The summed E-state index contributed by atoms with van der Waals surface area (Å²) in [6, 6.07) is 7.65. The summed E-state index contributed by atoms with van der Waals surface area (Å²) >= 11 is 0. The van der Waals surface area contributed by atoms with Crippen molar-refractivity contribution in [2.45, 2.75) is 20.5 Å². The van der Waals surface area contributed by atoms with Gasteiger partial charge in [0.1, 0.15) is 0 Å². The van der Waals surface area contributed by atoms with Crippen molar-refractivity contribution in [3.63, 3.8) is 0 Å². The standard InChI is InChI=1S/C13H17N5O/c1-3-16(9-11(2)8-14)10-18-13(19)17-7-5-4-6-12(17)15-18/h4-7,11H,3,9-10H2,1-2H3. The number of pyridine rings is 1. The van der Waals surface area contributed by atoms with E-state index in [0.717, 1.165) is 6.54 Å². The molecule has 0 aliphatic carbocycles. The van der Waals surface area contributed by atoms with Crippen LogP contribution in [0.1, 0.15) is 13.8 Å². The predicted molar refractivity (Wildman–Crippen MR) is 71.5 cm³/mol. The summed E-state index contributed by atoms with van der Waals surface area (Å²) in [7, 11) is 0. The van der Waals surface area contributed by atoms with Crippen LogP contribution in [0.25, 0.3) is 5.65 Å². The number of hydrogen-bond acceptors (Lipinski definition) is 4. The lowest BCUT2D eigenvalue weighted by molar-refractivity contribution is 0.200. The summed E-state index contributed by atoms with van der Waals surface area (Å²) < 4.78 is 2.95. The van der Waals surface area contributed by atoms with Crippen LogP contribution in [-0.4, -0.2) is 32.2 Å². The molecule has 6 heteroatoms. The van der Waals surface area contributed by atoms with Crippen LogP contribution in [0.3, 0.4) is 0 Å². The number of nitrogens with zero attached hydrogens (tertiary/aromatic N) is 5. The van der Waals surface area contributed by atoms with Crippen LogP contribution in [-0.2, 0) is 6.67 Å². The van der Waals surface area contributed by atoms with Gasteiger partial charge in [0.15, 0.2) is 5.65 Å². The van der Waals surface area contributed by atoms with E-state index in [1.165, 1.54) is 9.08 Å². The van der Waals surface area contributed by atoms with Crippen molar-refractivity contribution in [1.82, 2.24) is 19.1 Å². The molecule has 0 fully saturated rings. The Balaban J connectivity index is 2.23. The van der Waals surface area contributed by atoms with Gasteiger partial charge in [0.2, 0.25) is 0 Å². The summed E-state index contributed by atoms with van der Waals surface area (Å²) in [6.45, 7) is 5.68. The summed E-state index contributed by atoms with van der Waals surface area (Å²) in [5.41, 5.74) is 0.482. The van der Waals surface area contributed by atoms with Gasteiger partial charge in [-0.25, -0.2) is 4.79 Å². The minimum Gasteiger partial charge on any atom is -0.283 e. The van der Waals surface area contributed by atoms with Crippen LogP contribution in [0.4, 0.5) is 0 Å². The Morgan fingerprint density at radius 3 is 2.95 bits per heavy atom. The number of hydrogen-bond donors (Lipinski definition) is 0. The van der Waals surface area contributed by atoms with E-state index < -0.39 is 0 Å². The van der Waals surface area contributed by atoms with Crippen LogP contribution in [0.15, 0.2) is 29.2 Å². The van der Waals surface area contributed by atoms with Gasteiger partial charge >= 0.3 is 5.69 Å². The average molecular weight is 259 g/mol.